The van der Waals surface area contributed by atoms with Gasteiger partial charge in [0.05, 0.1) is 10.2 Å². The van der Waals surface area contributed by atoms with Gasteiger partial charge >= 0.3 is 6.03 Å². The highest BCUT2D eigenvalue weighted by molar-refractivity contribution is 7.98. The first-order chi connectivity index (χ1) is 11.3. The molecule has 6 heteroatoms. The van der Waals surface area contributed by atoms with Gasteiger partial charge in [-0.25, -0.2) is 9.78 Å². The summed E-state index contributed by atoms with van der Waals surface area (Å²) >= 11 is 2.89. The molecule has 4 nitrogen and oxygen atoms in total. The van der Waals surface area contributed by atoms with E-state index in [-0.39, 0.29) is 11.3 Å². The van der Waals surface area contributed by atoms with Crippen LogP contribution in [0.2, 0.25) is 0 Å². The van der Waals surface area contributed by atoms with Gasteiger partial charge in [-0.3, -0.25) is 10.0 Å². The van der Waals surface area contributed by atoms with Crippen molar-refractivity contribution < 1.29 is 4.79 Å². The number of nitrogens with zero attached hydrogens (tertiary/aromatic N) is 1. The zero-order valence-electron chi connectivity index (χ0n) is 12.7. The molecule has 1 heterocycles. The number of thiazole rings is 1. The molecule has 23 heavy (non-hydrogen) atoms. The van der Waals surface area contributed by atoms with E-state index in [1.165, 1.54) is 28.8 Å². The molecule has 0 aliphatic heterocycles. The van der Waals surface area contributed by atoms with Crippen LogP contribution in [0.4, 0.5) is 9.93 Å². The third-order valence-corrected chi connectivity index (χ3v) is 5.50. The SMILES string of the molecule is CCC(SNC(=O)Nc1nc2ccccc2s1)c1ccccc1. The molecule has 1 unspecified atom stereocenters. The van der Waals surface area contributed by atoms with Crippen LogP contribution in [0.1, 0.15) is 24.2 Å². The second-order valence-electron chi connectivity index (χ2n) is 4.97. The molecule has 118 valence electrons. The predicted molar refractivity (Wildman–Crippen MR) is 98.8 cm³/mol. The highest BCUT2D eigenvalue weighted by Crippen LogP contribution is 2.30. The Morgan fingerprint density at radius 3 is 2.65 bits per heavy atom. The van der Waals surface area contributed by atoms with Crippen molar-refractivity contribution in [2.45, 2.75) is 18.6 Å². The van der Waals surface area contributed by atoms with Gasteiger partial charge in [-0.05, 0) is 36.1 Å². The maximum absolute atomic E-state index is 12.1. The Morgan fingerprint density at radius 1 is 1.17 bits per heavy atom. The van der Waals surface area contributed by atoms with Crippen molar-refractivity contribution in [2.24, 2.45) is 0 Å². The van der Waals surface area contributed by atoms with Crippen molar-refractivity contribution >= 4 is 44.7 Å². The molecule has 0 aliphatic carbocycles. The third-order valence-electron chi connectivity index (χ3n) is 3.35. The van der Waals surface area contributed by atoms with Crippen LogP contribution in [-0.4, -0.2) is 11.0 Å². The maximum atomic E-state index is 12.1. The van der Waals surface area contributed by atoms with Crippen molar-refractivity contribution in [3.8, 4) is 0 Å². The van der Waals surface area contributed by atoms with Gasteiger partial charge in [0.25, 0.3) is 0 Å². The van der Waals surface area contributed by atoms with Crippen LogP contribution in [0.15, 0.2) is 54.6 Å². The largest absolute Gasteiger partial charge is 0.331 e. The quantitative estimate of drug-likeness (QED) is 0.625. The molecule has 2 N–H and O–H groups in total. The average Bonchev–Trinajstić information content (AvgIpc) is 2.98. The molecule has 0 spiro atoms. The standard InChI is InChI=1S/C17H17N3OS2/c1-2-14(12-8-4-3-5-9-12)23-20-16(21)19-17-18-13-10-6-7-11-15(13)22-17/h3-11,14H,2H2,1H3,(H2,18,19,20,21). The van der Waals surface area contributed by atoms with Gasteiger partial charge < -0.3 is 0 Å². The lowest BCUT2D eigenvalue weighted by atomic mass is 10.1. The van der Waals surface area contributed by atoms with E-state index in [0.717, 1.165) is 16.6 Å². The lowest BCUT2D eigenvalue weighted by Gasteiger charge is -2.15. The molecule has 1 aromatic heterocycles. The molecule has 0 bridgehead atoms. The van der Waals surface area contributed by atoms with Crippen LogP contribution in [-0.2, 0) is 0 Å². The lowest BCUT2D eigenvalue weighted by Crippen LogP contribution is -2.23. The Labute approximate surface area is 143 Å². The van der Waals surface area contributed by atoms with Crippen LogP contribution in [0.3, 0.4) is 0 Å². The number of fused-ring (bicyclic) bond motifs is 1. The van der Waals surface area contributed by atoms with E-state index >= 15 is 0 Å². The van der Waals surface area contributed by atoms with Gasteiger partial charge in [-0.1, -0.05) is 60.7 Å². The second kappa shape index (κ2) is 7.48. The summed E-state index contributed by atoms with van der Waals surface area (Å²) in [4.78, 5) is 16.5. The minimum absolute atomic E-state index is 0.234. The van der Waals surface area contributed by atoms with E-state index < -0.39 is 0 Å². The number of hydrogen-bond donors (Lipinski definition) is 2. The fourth-order valence-electron chi connectivity index (χ4n) is 2.23. The molecular formula is C17H17N3OS2. The number of anilines is 1. The van der Waals surface area contributed by atoms with Crippen molar-refractivity contribution in [1.29, 1.82) is 0 Å². The molecule has 0 aliphatic rings. The Kier molecular flexibility index (Phi) is 5.15. The summed E-state index contributed by atoms with van der Waals surface area (Å²) in [7, 11) is 0. The molecule has 3 rings (SSSR count). The topological polar surface area (TPSA) is 54.0 Å². The zero-order chi connectivity index (χ0) is 16.1. The summed E-state index contributed by atoms with van der Waals surface area (Å²) in [5.41, 5.74) is 2.11. The van der Waals surface area contributed by atoms with E-state index in [1.807, 2.05) is 42.5 Å². The molecule has 3 aromatic rings. The smallest absolute Gasteiger partial charge is 0.283 e. The minimum atomic E-state index is -0.247. The number of urea groups is 1. The first kappa shape index (κ1) is 15.8. The first-order valence-corrected chi connectivity index (χ1v) is 9.09. The first-order valence-electron chi connectivity index (χ1n) is 7.39. The minimum Gasteiger partial charge on any atom is -0.283 e. The Balaban J connectivity index is 1.58. The van der Waals surface area contributed by atoms with E-state index in [4.69, 9.17) is 0 Å². The number of rotatable bonds is 5. The number of para-hydroxylation sites is 1. The van der Waals surface area contributed by atoms with Gasteiger partial charge in [0.15, 0.2) is 5.13 Å². The van der Waals surface area contributed by atoms with E-state index in [9.17, 15) is 4.79 Å². The third kappa shape index (κ3) is 4.03. The zero-order valence-corrected chi connectivity index (χ0v) is 14.3. The van der Waals surface area contributed by atoms with Crippen molar-refractivity contribution in [3.05, 3.63) is 60.2 Å². The van der Waals surface area contributed by atoms with Crippen molar-refractivity contribution in [1.82, 2.24) is 9.71 Å². The Hall–Kier alpha value is -2.05. The summed E-state index contributed by atoms with van der Waals surface area (Å²) in [6.07, 6.45) is 0.941. The lowest BCUT2D eigenvalue weighted by molar-refractivity contribution is 0.257. The average molecular weight is 343 g/mol. The molecule has 0 saturated carbocycles. The predicted octanol–water partition coefficient (Wildman–Crippen LogP) is 5.22. The van der Waals surface area contributed by atoms with E-state index in [1.54, 1.807) is 0 Å². The maximum Gasteiger partial charge on any atom is 0.331 e. The number of carbonyl (C=O) groups is 1. The van der Waals surface area contributed by atoms with Crippen LogP contribution in [0.25, 0.3) is 10.2 Å². The molecule has 0 fully saturated rings. The van der Waals surface area contributed by atoms with Crippen LogP contribution in [0, 0.1) is 0 Å². The summed E-state index contributed by atoms with van der Waals surface area (Å²) in [5, 5.41) is 3.64. The van der Waals surface area contributed by atoms with E-state index in [2.05, 4.69) is 34.1 Å². The monoisotopic (exact) mass is 343 g/mol. The van der Waals surface area contributed by atoms with Gasteiger partial charge in [0, 0.05) is 5.25 Å². The second-order valence-corrected chi connectivity index (χ2v) is 7.01. The number of carbonyl (C=O) groups excluding carboxylic acids is 1. The Bertz CT molecular complexity index is 756. The molecule has 1 atom stereocenters. The summed E-state index contributed by atoms with van der Waals surface area (Å²) < 4.78 is 3.92. The van der Waals surface area contributed by atoms with Crippen LogP contribution >= 0.6 is 23.3 Å². The molecular weight excluding hydrogens is 326 g/mol. The normalized spacial score (nSPS) is 12.0. The Morgan fingerprint density at radius 2 is 1.91 bits per heavy atom. The molecule has 2 aromatic carbocycles. The fourth-order valence-corrected chi connectivity index (χ4v) is 3.85. The fraction of sp³-hybridized carbons (Fsp3) is 0.176. The van der Waals surface area contributed by atoms with E-state index in [0.29, 0.717) is 5.13 Å². The number of nitrogens with one attached hydrogen (secondary N) is 2. The van der Waals surface area contributed by atoms with Crippen molar-refractivity contribution in [2.75, 3.05) is 5.32 Å². The van der Waals surface area contributed by atoms with Gasteiger partial charge in [-0.15, -0.1) is 0 Å². The summed E-state index contributed by atoms with van der Waals surface area (Å²) in [6, 6.07) is 17.8. The highest BCUT2D eigenvalue weighted by atomic mass is 32.2. The highest BCUT2D eigenvalue weighted by Gasteiger charge is 2.13. The van der Waals surface area contributed by atoms with Crippen LogP contribution < -0.4 is 10.0 Å². The van der Waals surface area contributed by atoms with Crippen LogP contribution in [0.5, 0.6) is 0 Å². The van der Waals surface area contributed by atoms with Crippen molar-refractivity contribution in [3.63, 3.8) is 0 Å². The summed E-state index contributed by atoms with van der Waals surface area (Å²) in [5.74, 6) is 0. The van der Waals surface area contributed by atoms with Gasteiger partial charge in [0.2, 0.25) is 0 Å². The number of hydrogen-bond acceptors (Lipinski definition) is 4. The number of amides is 2. The molecule has 0 saturated heterocycles. The number of benzene rings is 2. The van der Waals surface area contributed by atoms with Gasteiger partial charge in [-0.2, -0.15) is 0 Å². The summed E-state index contributed by atoms with van der Waals surface area (Å²) in [6.45, 7) is 2.11. The molecule has 0 radical (unpaired) electrons. The van der Waals surface area contributed by atoms with Gasteiger partial charge in [0.1, 0.15) is 0 Å². The molecule has 2 amide bonds. The number of aromatic nitrogens is 1.